The van der Waals surface area contributed by atoms with Gasteiger partial charge in [0.05, 0.1) is 7.11 Å². The highest BCUT2D eigenvalue weighted by atomic mass is 16.5. The molecule has 3 heteroatoms. The fraction of sp³-hybridized carbons (Fsp3) is 0.647. The largest absolute Gasteiger partial charge is 0.497 e. The molecule has 0 heterocycles. The van der Waals surface area contributed by atoms with Gasteiger partial charge in [0.2, 0.25) is 0 Å². The van der Waals surface area contributed by atoms with Crippen molar-refractivity contribution < 1.29 is 9.84 Å². The summed E-state index contributed by atoms with van der Waals surface area (Å²) >= 11 is 0. The molecule has 1 aromatic rings. The molecule has 0 spiro atoms. The van der Waals surface area contributed by atoms with Gasteiger partial charge in [-0.15, -0.1) is 0 Å². The van der Waals surface area contributed by atoms with E-state index in [9.17, 15) is 0 Å². The molecule has 1 fully saturated rings. The third-order valence-corrected chi connectivity index (χ3v) is 4.12. The molecule has 1 aromatic carbocycles. The number of rotatable bonds is 9. The van der Waals surface area contributed by atoms with Gasteiger partial charge in [-0.1, -0.05) is 19.1 Å². The first kappa shape index (κ1) is 15.3. The van der Waals surface area contributed by atoms with Gasteiger partial charge < -0.3 is 15.2 Å². The van der Waals surface area contributed by atoms with E-state index in [2.05, 4.69) is 24.4 Å². The maximum absolute atomic E-state index is 9.04. The lowest BCUT2D eigenvalue weighted by atomic mass is 10.0. The highest BCUT2D eigenvalue weighted by Crippen LogP contribution is 2.41. The van der Waals surface area contributed by atoms with Crippen molar-refractivity contribution in [2.24, 2.45) is 11.8 Å². The fourth-order valence-electron chi connectivity index (χ4n) is 2.60. The van der Waals surface area contributed by atoms with Crippen LogP contribution in [0.3, 0.4) is 0 Å². The Hall–Kier alpha value is -1.06. The number of hydrogen-bond donors (Lipinski definition) is 2. The highest BCUT2D eigenvalue weighted by molar-refractivity contribution is 5.30. The van der Waals surface area contributed by atoms with Gasteiger partial charge in [0.1, 0.15) is 5.75 Å². The Morgan fingerprint density at radius 1 is 1.30 bits per heavy atom. The van der Waals surface area contributed by atoms with Crippen LogP contribution >= 0.6 is 0 Å². The van der Waals surface area contributed by atoms with Gasteiger partial charge in [-0.2, -0.15) is 0 Å². The first-order valence-electron chi connectivity index (χ1n) is 7.72. The summed E-state index contributed by atoms with van der Waals surface area (Å²) in [6.45, 7) is 3.42. The molecule has 2 atom stereocenters. The molecule has 2 rings (SSSR count). The highest BCUT2D eigenvalue weighted by Gasteiger charge is 2.31. The van der Waals surface area contributed by atoms with Crippen LogP contribution in [0.15, 0.2) is 24.3 Å². The number of methoxy groups -OCH3 is 1. The minimum atomic E-state index is 0.296. The normalized spacial score (nSPS) is 17.8. The lowest BCUT2D eigenvalue weighted by Crippen LogP contribution is -2.24. The number of benzene rings is 1. The molecule has 0 bridgehead atoms. The molecule has 0 radical (unpaired) electrons. The smallest absolute Gasteiger partial charge is 0.118 e. The summed E-state index contributed by atoms with van der Waals surface area (Å²) in [4.78, 5) is 0. The lowest BCUT2D eigenvalue weighted by Gasteiger charge is -2.19. The van der Waals surface area contributed by atoms with Crippen molar-refractivity contribution in [2.75, 3.05) is 20.3 Å². The Morgan fingerprint density at radius 3 is 2.55 bits per heavy atom. The van der Waals surface area contributed by atoms with Gasteiger partial charge in [0, 0.05) is 12.6 Å². The number of nitrogens with one attached hydrogen (secondary N) is 1. The van der Waals surface area contributed by atoms with Gasteiger partial charge in [-0.05, 0) is 61.8 Å². The summed E-state index contributed by atoms with van der Waals surface area (Å²) in [6.07, 6.45) is 4.87. The van der Waals surface area contributed by atoms with E-state index in [1.807, 2.05) is 12.1 Å². The van der Waals surface area contributed by atoms with E-state index in [1.165, 1.54) is 18.4 Å². The van der Waals surface area contributed by atoms with Gasteiger partial charge >= 0.3 is 0 Å². The van der Waals surface area contributed by atoms with Crippen molar-refractivity contribution in [3.05, 3.63) is 29.8 Å². The molecule has 0 amide bonds. The van der Waals surface area contributed by atoms with Gasteiger partial charge in [-0.25, -0.2) is 0 Å². The average molecular weight is 277 g/mol. The van der Waals surface area contributed by atoms with Crippen molar-refractivity contribution >= 4 is 0 Å². The molecular weight excluding hydrogens is 250 g/mol. The summed E-state index contributed by atoms with van der Waals surface area (Å²) in [6, 6.07) is 8.90. The topological polar surface area (TPSA) is 41.5 Å². The zero-order valence-corrected chi connectivity index (χ0v) is 12.6. The molecule has 3 nitrogen and oxygen atoms in total. The van der Waals surface area contributed by atoms with E-state index in [0.29, 0.717) is 18.6 Å². The molecule has 112 valence electrons. The summed E-state index contributed by atoms with van der Waals surface area (Å²) in [5, 5.41) is 12.7. The van der Waals surface area contributed by atoms with E-state index < -0.39 is 0 Å². The minimum Gasteiger partial charge on any atom is -0.497 e. The molecule has 0 saturated heterocycles. The standard InChI is InChI=1S/C17H27NO2/c1-13(12-19)4-3-11-18-17(14-5-6-14)15-7-9-16(20-2)10-8-15/h7-10,13-14,17-19H,3-6,11-12H2,1-2H3. The van der Waals surface area contributed by atoms with E-state index in [1.54, 1.807) is 7.11 Å². The first-order chi connectivity index (χ1) is 9.74. The number of aliphatic hydroxyl groups is 1. The quantitative estimate of drug-likeness (QED) is 0.681. The van der Waals surface area contributed by atoms with Gasteiger partial charge in [-0.3, -0.25) is 0 Å². The van der Waals surface area contributed by atoms with Crippen LogP contribution in [-0.2, 0) is 0 Å². The maximum atomic E-state index is 9.04. The fourth-order valence-corrected chi connectivity index (χ4v) is 2.60. The summed E-state index contributed by atoms with van der Waals surface area (Å²) in [5.74, 6) is 2.12. The van der Waals surface area contributed by atoms with Crippen LogP contribution in [0.25, 0.3) is 0 Å². The third kappa shape index (κ3) is 4.50. The van der Waals surface area contributed by atoms with E-state index in [4.69, 9.17) is 9.84 Å². The zero-order chi connectivity index (χ0) is 14.4. The van der Waals surface area contributed by atoms with Crippen LogP contribution in [0.5, 0.6) is 5.75 Å². The van der Waals surface area contributed by atoms with Crippen LogP contribution in [0, 0.1) is 11.8 Å². The van der Waals surface area contributed by atoms with Gasteiger partial charge in [0.15, 0.2) is 0 Å². The second-order valence-corrected chi connectivity index (χ2v) is 5.97. The lowest BCUT2D eigenvalue weighted by molar-refractivity contribution is 0.227. The molecule has 0 aliphatic heterocycles. The third-order valence-electron chi connectivity index (χ3n) is 4.12. The van der Waals surface area contributed by atoms with E-state index in [-0.39, 0.29) is 0 Å². The molecule has 0 aromatic heterocycles. The van der Waals surface area contributed by atoms with Crippen molar-refractivity contribution in [2.45, 2.75) is 38.6 Å². The molecule has 20 heavy (non-hydrogen) atoms. The molecule has 2 unspecified atom stereocenters. The molecular formula is C17H27NO2. The van der Waals surface area contributed by atoms with Crippen molar-refractivity contribution in [1.82, 2.24) is 5.32 Å². The summed E-state index contributed by atoms with van der Waals surface area (Å²) in [5.41, 5.74) is 1.36. The van der Waals surface area contributed by atoms with Crippen molar-refractivity contribution in [3.8, 4) is 5.75 Å². The molecule has 1 saturated carbocycles. The van der Waals surface area contributed by atoms with Crippen LogP contribution in [0.1, 0.15) is 44.2 Å². The zero-order valence-electron chi connectivity index (χ0n) is 12.6. The second kappa shape index (κ2) is 7.65. The SMILES string of the molecule is COc1ccc(C(NCCCC(C)CO)C2CC2)cc1. The molecule has 2 N–H and O–H groups in total. The molecule has 1 aliphatic carbocycles. The number of hydrogen-bond acceptors (Lipinski definition) is 3. The van der Waals surface area contributed by atoms with Crippen LogP contribution in [-0.4, -0.2) is 25.4 Å². The summed E-state index contributed by atoms with van der Waals surface area (Å²) < 4.78 is 5.22. The Bertz CT molecular complexity index is 386. The Balaban J connectivity index is 1.83. The van der Waals surface area contributed by atoms with Crippen LogP contribution in [0.2, 0.25) is 0 Å². The predicted octanol–water partition coefficient (Wildman–Crippen LogP) is 3.14. The first-order valence-corrected chi connectivity index (χ1v) is 7.72. The van der Waals surface area contributed by atoms with Crippen LogP contribution in [0.4, 0.5) is 0 Å². The van der Waals surface area contributed by atoms with Gasteiger partial charge in [0.25, 0.3) is 0 Å². The van der Waals surface area contributed by atoms with E-state index >= 15 is 0 Å². The van der Waals surface area contributed by atoms with Crippen molar-refractivity contribution in [1.29, 1.82) is 0 Å². The Labute approximate surface area is 122 Å². The number of ether oxygens (including phenoxy) is 1. The Kier molecular flexibility index (Phi) is 5.86. The predicted molar refractivity (Wildman–Crippen MR) is 81.9 cm³/mol. The van der Waals surface area contributed by atoms with Crippen molar-refractivity contribution in [3.63, 3.8) is 0 Å². The average Bonchev–Trinajstić information content (AvgIpc) is 3.32. The minimum absolute atomic E-state index is 0.296. The monoisotopic (exact) mass is 277 g/mol. The van der Waals surface area contributed by atoms with E-state index in [0.717, 1.165) is 31.1 Å². The van der Waals surface area contributed by atoms with Crippen LogP contribution < -0.4 is 10.1 Å². The second-order valence-electron chi connectivity index (χ2n) is 5.97. The Morgan fingerprint density at radius 2 is 2.00 bits per heavy atom. The molecule has 1 aliphatic rings. The number of aliphatic hydroxyl groups excluding tert-OH is 1. The maximum Gasteiger partial charge on any atom is 0.118 e. The summed E-state index contributed by atoms with van der Waals surface area (Å²) in [7, 11) is 1.70.